The van der Waals surface area contributed by atoms with Crippen molar-refractivity contribution in [3.05, 3.63) is 87.1 Å². The smallest absolute Gasteiger partial charge is 0.242 e. The van der Waals surface area contributed by atoms with Crippen LogP contribution in [0.4, 0.5) is 0 Å². The molecule has 2 amide bonds. The first-order chi connectivity index (χ1) is 16.4. The molecule has 1 unspecified atom stereocenters. The summed E-state index contributed by atoms with van der Waals surface area (Å²) >= 11 is 7.70. The lowest BCUT2D eigenvalue weighted by atomic mass is 10.00. The monoisotopic (exact) mass is 496 g/mol. The van der Waals surface area contributed by atoms with E-state index in [1.165, 1.54) is 4.88 Å². The van der Waals surface area contributed by atoms with Gasteiger partial charge >= 0.3 is 0 Å². The third-order valence-electron chi connectivity index (χ3n) is 6.08. The predicted molar refractivity (Wildman–Crippen MR) is 136 cm³/mol. The van der Waals surface area contributed by atoms with E-state index in [1.807, 2.05) is 61.2 Å². The van der Waals surface area contributed by atoms with E-state index in [2.05, 4.69) is 11.4 Å². The summed E-state index contributed by atoms with van der Waals surface area (Å²) < 4.78 is 6.06. The average molecular weight is 497 g/mol. The van der Waals surface area contributed by atoms with Crippen molar-refractivity contribution in [3.8, 4) is 5.75 Å². The highest BCUT2D eigenvalue weighted by Gasteiger charge is 2.34. The van der Waals surface area contributed by atoms with Crippen LogP contribution < -0.4 is 4.74 Å². The number of benzene rings is 2. The number of thiophene rings is 1. The molecule has 1 aliphatic heterocycles. The Morgan fingerprint density at radius 2 is 1.85 bits per heavy atom. The Hall–Kier alpha value is -2.83. The Morgan fingerprint density at radius 3 is 2.56 bits per heavy atom. The second-order valence-electron chi connectivity index (χ2n) is 8.69. The van der Waals surface area contributed by atoms with Crippen LogP contribution in [0.15, 0.2) is 66.0 Å². The van der Waals surface area contributed by atoms with Crippen molar-refractivity contribution in [1.29, 1.82) is 0 Å². The van der Waals surface area contributed by atoms with E-state index in [0.29, 0.717) is 23.9 Å². The Bertz CT molecular complexity index is 1110. The van der Waals surface area contributed by atoms with Gasteiger partial charge in [-0.05, 0) is 67.1 Å². The van der Waals surface area contributed by atoms with Gasteiger partial charge in [0.2, 0.25) is 11.8 Å². The minimum absolute atomic E-state index is 0.0447. The molecule has 178 valence electrons. The Balaban J connectivity index is 1.48. The fourth-order valence-corrected chi connectivity index (χ4v) is 5.30. The molecule has 2 aromatic carbocycles. The van der Waals surface area contributed by atoms with Crippen LogP contribution in [0.3, 0.4) is 0 Å². The molecule has 0 spiro atoms. The van der Waals surface area contributed by atoms with Crippen molar-refractivity contribution in [2.24, 2.45) is 0 Å². The number of hydrogen-bond donors (Lipinski definition) is 0. The number of hydrogen-bond acceptors (Lipinski definition) is 4. The predicted octanol–water partition coefficient (Wildman–Crippen LogP) is 5.39. The average Bonchev–Trinajstić information content (AvgIpc) is 3.31. The summed E-state index contributed by atoms with van der Waals surface area (Å²) in [7, 11) is 0. The van der Waals surface area contributed by atoms with Gasteiger partial charge in [0.15, 0.2) is 0 Å². The maximum atomic E-state index is 13.5. The van der Waals surface area contributed by atoms with Crippen LogP contribution >= 0.6 is 22.9 Å². The Kier molecular flexibility index (Phi) is 7.91. The van der Waals surface area contributed by atoms with Crippen LogP contribution in [0.2, 0.25) is 5.02 Å². The van der Waals surface area contributed by atoms with Crippen molar-refractivity contribution < 1.29 is 14.3 Å². The summed E-state index contributed by atoms with van der Waals surface area (Å²) in [5, 5.41) is 2.72. The molecular weight excluding hydrogens is 468 g/mol. The minimum Gasteiger partial charge on any atom is -0.491 e. The molecule has 1 aliphatic rings. The van der Waals surface area contributed by atoms with Crippen LogP contribution in [0.25, 0.3) is 0 Å². The number of amides is 2. The van der Waals surface area contributed by atoms with Gasteiger partial charge in [0, 0.05) is 22.5 Å². The van der Waals surface area contributed by atoms with E-state index in [4.69, 9.17) is 16.3 Å². The van der Waals surface area contributed by atoms with Gasteiger partial charge in [0.1, 0.15) is 18.9 Å². The summed E-state index contributed by atoms with van der Waals surface area (Å²) in [5.41, 5.74) is 2.08. The van der Waals surface area contributed by atoms with Crippen molar-refractivity contribution >= 4 is 34.8 Å². The van der Waals surface area contributed by atoms with E-state index >= 15 is 0 Å². The van der Waals surface area contributed by atoms with E-state index in [0.717, 1.165) is 17.5 Å². The minimum atomic E-state index is -0.198. The lowest BCUT2D eigenvalue weighted by molar-refractivity contribution is -0.143. The molecule has 0 radical (unpaired) electrons. The molecule has 0 saturated carbocycles. The second kappa shape index (κ2) is 11.1. The van der Waals surface area contributed by atoms with Gasteiger partial charge < -0.3 is 14.5 Å². The topological polar surface area (TPSA) is 49.9 Å². The third kappa shape index (κ3) is 5.80. The molecule has 0 bridgehead atoms. The van der Waals surface area contributed by atoms with E-state index in [1.54, 1.807) is 28.4 Å². The first kappa shape index (κ1) is 24.3. The zero-order valence-corrected chi connectivity index (χ0v) is 21.0. The zero-order chi connectivity index (χ0) is 24.1. The quantitative estimate of drug-likeness (QED) is 0.420. The van der Waals surface area contributed by atoms with E-state index < -0.39 is 0 Å². The van der Waals surface area contributed by atoms with Crippen LogP contribution in [0, 0.1) is 0 Å². The first-order valence-corrected chi connectivity index (χ1v) is 12.8. The van der Waals surface area contributed by atoms with Crippen molar-refractivity contribution in [1.82, 2.24) is 9.80 Å². The molecule has 5 nitrogen and oxygen atoms in total. The molecule has 4 rings (SSSR count). The summed E-state index contributed by atoms with van der Waals surface area (Å²) in [4.78, 5) is 31.4. The van der Waals surface area contributed by atoms with Crippen LogP contribution in [0.1, 0.15) is 35.9 Å². The highest BCUT2D eigenvalue weighted by molar-refractivity contribution is 7.10. The number of fused-ring (bicyclic) bond motifs is 1. The number of nitrogens with zero attached hydrogens (tertiary/aromatic N) is 2. The van der Waals surface area contributed by atoms with Crippen LogP contribution in [-0.4, -0.2) is 47.4 Å². The van der Waals surface area contributed by atoms with Gasteiger partial charge in [0.05, 0.1) is 12.5 Å². The van der Waals surface area contributed by atoms with Crippen LogP contribution in [-0.2, 0) is 22.4 Å². The van der Waals surface area contributed by atoms with Crippen molar-refractivity contribution in [2.75, 3.05) is 19.7 Å². The van der Waals surface area contributed by atoms with Gasteiger partial charge in [-0.25, -0.2) is 0 Å². The summed E-state index contributed by atoms with van der Waals surface area (Å²) in [6.07, 6.45) is 1.10. The van der Waals surface area contributed by atoms with Gasteiger partial charge in [-0.15, -0.1) is 11.3 Å². The number of rotatable bonds is 8. The maximum absolute atomic E-state index is 13.5. The number of carbonyl (C=O) groups is 2. The molecule has 34 heavy (non-hydrogen) atoms. The Labute approximate surface area is 209 Å². The molecule has 3 aromatic rings. The molecular formula is C27H29ClN2O3S. The van der Waals surface area contributed by atoms with Gasteiger partial charge in [0.25, 0.3) is 0 Å². The van der Waals surface area contributed by atoms with E-state index in [9.17, 15) is 9.59 Å². The van der Waals surface area contributed by atoms with Crippen molar-refractivity contribution in [2.45, 2.75) is 38.8 Å². The van der Waals surface area contributed by atoms with Crippen LogP contribution in [0.5, 0.6) is 5.75 Å². The molecule has 2 heterocycles. The van der Waals surface area contributed by atoms with E-state index in [-0.39, 0.29) is 36.9 Å². The normalized spacial score (nSPS) is 15.2. The molecule has 0 saturated heterocycles. The molecule has 0 fully saturated rings. The van der Waals surface area contributed by atoms with Crippen molar-refractivity contribution in [3.63, 3.8) is 0 Å². The highest BCUT2D eigenvalue weighted by Crippen LogP contribution is 2.34. The zero-order valence-electron chi connectivity index (χ0n) is 19.4. The SMILES string of the molecule is CC(C)N(CC(=O)N1CCc2sccc2C1COc1ccc(Cl)cc1)C(=O)Cc1ccccc1. The second-order valence-corrected chi connectivity index (χ2v) is 10.1. The first-order valence-electron chi connectivity index (χ1n) is 11.5. The number of ether oxygens (including phenoxy) is 1. The lowest BCUT2D eigenvalue weighted by Crippen LogP contribution is -2.49. The Morgan fingerprint density at radius 1 is 1.12 bits per heavy atom. The van der Waals surface area contributed by atoms with Gasteiger partial charge in [-0.3, -0.25) is 9.59 Å². The number of halogens is 1. The number of carbonyl (C=O) groups excluding carboxylic acids is 2. The maximum Gasteiger partial charge on any atom is 0.242 e. The summed E-state index contributed by atoms with van der Waals surface area (Å²) in [5.74, 6) is 0.606. The summed E-state index contributed by atoms with van der Waals surface area (Å²) in [6.45, 7) is 4.91. The third-order valence-corrected chi connectivity index (χ3v) is 7.33. The van der Waals surface area contributed by atoms with Gasteiger partial charge in [-0.1, -0.05) is 41.9 Å². The largest absolute Gasteiger partial charge is 0.491 e. The molecule has 0 aliphatic carbocycles. The summed E-state index contributed by atoms with van der Waals surface area (Å²) in [6, 6.07) is 18.7. The molecule has 1 atom stereocenters. The fourth-order valence-electron chi connectivity index (χ4n) is 4.25. The molecule has 1 aromatic heterocycles. The molecule has 7 heteroatoms. The standard InChI is InChI=1S/C27H29ClN2O3S/c1-19(2)30(26(31)16-20-6-4-3-5-7-20)17-27(32)29-14-12-25-23(13-15-34-25)24(29)18-33-22-10-8-21(28)9-11-22/h3-11,13,15,19,24H,12,14,16-18H2,1-2H3. The fraction of sp³-hybridized carbons (Fsp3) is 0.333. The molecule has 0 N–H and O–H groups in total. The highest BCUT2D eigenvalue weighted by atomic mass is 35.5. The van der Waals surface area contributed by atoms with Gasteiger partial charge in [-0.2, -0.15) is 0 Å². The lowest BCUT2D eigenvalue weighted by Gasteiger charge is -2.37.